The molecular weight excluding hydrogens is 198 g/mol. The van der Waals surface area contributed by atoms with Gasteiger partial charge in [0, 0.05) is 24.4 Å². The molecule has 3 rings (SSSR count). The van der Waals surface area contributed by atoms with E-state index in [2.05, 4.69) is 21.1 Å². The van der Waals surface area contributed by atoms with Crippen molar-refractivity contribution in [2.75, 3.05) is 13.1 Å². The normalized spacial score (nSPS) is 24.0. The third-order valence-electron chi connectivity index (χ3n) is 4.12. The van der Waals surface area contributed by atoms with Crippen LogP contribution in [0, 0.1) is 0 Å². The van der Waals surface area contributed by atoms with Gasteiger partial charge in [-0.05, 0) is 38.8 Å². The van der Waals surface area contributed by atoms with E-state index in [0.717, 1.165) is 19.1 Å². The molecule has 1 aromatic rings. The predicted octanol–water partition coefficient (Wildman–Crippen LogP) is 2.47. The highest BCUT2D eigenvalue weighted by atomic mass is 15.1. The van der Waals surface area contributed by atoms with Crippen LogP contribution in [0.4, 0.5) is 0 Å². The van der Waals surface area contributed by atoms with Crippen LogP contribution in [0.1, 0.15) is 56.3 Å². The van der Waals surface area contributed by atoms with Gasteiger partial charge in [-0.3, -0.25) is 0 Å². The number of aromatic nitrogens is 2. The molecule has 3 heteroatoms. The van der Waals surface area contributed by atoms with Crippen molar-refractivity contribution in [3.8, 4) is 0 Å². The molecule has 1 aromatic heterocycles. The molecule has 2 heterocycles. The molecule has 1 aliphatic heterocycles. The minimum absolute atomic E-state index is 0.692. The van der Waals surface area contributed by atoms with E-state index < -0.39 is 0 Å². The molecular formula is C13H21N3. The summed E-state index contributed by atoms with van der Waals surface area (Å²) in [5.74, 6) is 2.05. The van der Waals surface area contributed by atoms with Gasteiger partial charge in [-0.15, -0.1) is 0 Å². The summed E-state index contributed by atoms with van der Waals surface area (Å²) in [4.78, 5) is 4.62. The Balaban J connectivity index is 1.80. The number of hydrogen-bond donors (Lipinski definition) is 1. The summed E-state index contributed by atoms with van der Waals surface area (Å²) in [5.41, 5.74) is 0. The van der Waals surface area contributed by atoms with Crippen LogP contribution in [0.5, 0.6) is 0 Å². The molecule has 0 unspecified atom stereocenters. The summed E-state index contributed by atoms with van der Waals surface area (Å²) in [6.45, 7) is 2.31. The minimum Gasteiger partial charge on any atom is -0.332 e. The standard InChI is InChI=1S/C13H21N3/c1-2-4-12(3-1)16-10-9-15-13(16)11-5-7-14-8-6-11/h9-12,14H,1-8H2. The van der Waals surface area contributed by atoms with E-state index in [1.807, 2.05) is 6.20 Å². The van der Waals surface area contributed by atoms with Crippen LogP contribution < -0.4 is 5.32 Å². The van der Waals surface area contributed by atoms with Gasteiger partial charge in [-0.1, -0.05) is 12.8 Å². The van der Waals surface area contributed by atoms with Crippen molar-refractivity contribution in [1.29, 1.82) is 0 Å². The fourth-order valence-corrected chi connectivity index (χ4v) is 3.21. The highest BCUT2D eigenvalue weighted by Gasteiger charge is 2.24. The zero-order valence-corrected chi connectivity index (χ0v) is 9.86. The zero-order chi connectivity index (χ0) is 10.8. The lowest BCUT2D eigenvalue weighted by atomic mass is 9.97. The monoisotopic (exact) mass is 219 g/mol. The smallest absolute Gasteiger partial charge is 0.112 e. The van der Waals surface area contributed by atoms with E-state index in [1.54, 1.807) is 0 Å². The maximum atomic E-state index is 4.62. The summed E-state index contributed by atoms with van der Waals surface area (Å²) in [6, 6.07) is 0.743. The molecule has 0 aromatic carbocycles. The van der Waals surface area contributed by atoms with Crippen LogP contribution in [0.15, 0.2) is 12.4 Å². The molecule has 1 N–H and O–H groups in total. The third-order valence-corrected chi connectivity index (χ3v) is 4.12. The fraction of sp³-hybridized carbons (Fsp3) is 0.769. The van der Waals surface area contributed by atoms with Gasteiger partial charge >= 0.3 is 0 Å². The van der Waals surface area contributed by atoms with Crippen LogP contribution in [0.25, 0.3) is 0 Å². The second-order valence-electron chi connectivity index (χ2n) is 5.16. The number of hydrogen-bond acceptors (Lipinski definition) is 2. The second kappa shape index (κ2) is 4.58. The van der Waals surface area contributed by atoms with Gasteiger partial charge in [0.25, 0.3) is 0 Å². The van der Waals surface area contributed by atoms with Crippen LogP contribution >= 0.6 is 0 Å². The molecule has 1 saturated carbocycles. The third kappa shape index (κ3) is 1.88. The van der Waals surface area contributed by atoms with Crippen molar-refractivity contribution in [2.45, 2.75) is 50.5 Å². The molecule has 2 fully saturated rings. The number of nitrogens with zero attached hydrogens (tertiary/aromatic N) is 2. The summed E-state index contributed by atoms with van der Waals surface area (Å²) >= 11 is 0. The number of piperidine rings is 1. The highest BCUT2D eigenvalue weighted by Crippen LogP contribution is 2.33. The largest absolute Gasteiger partial charge is 0.332 e. The molecule has 16 heavy (non-hydrogen) atoms. The lowest BCUT2D eigenvalue weighted by molar-refractivity contribution is 0.407. The Morgan fingerprint density at radius 2 is 1.88 bits per heavy atom. The predicted molar refractivity (Wildman–Crippen MR) is 64.6 cm³/mol. The van der Waals surface area contributed by atoms with E-state index in [1.165, 1.54) is 44.3 Å². The van der Waals surface area contributed by atoms with Gasteiger partial charge in [0.15, 0.2) is 0 Å². The zero-order valence-electron chi connectivity index (χ0n) is 9.86. The van der Waals surface area contributed by atoms with Crippen molar-refractivity contribution in [1.82, 2.24) is 14.9 Å². The first kappa shape index (κ1) is 10.3. The van der Waals surface area contributed by atoms with Gasteiger partial charge in [0.2, 0.25) is 0 Å². The molecule has 1 saturated heterocycles. The summed E-state index contributed by atoms with van der Waals surface area (Å²) in [6.07, 6.45) is 12.2. The van der Waals surface area contributed by atoms with E-state index >= 15 is 0 Å². The van der Waals surface area contributed by atoms with Crippen molar-refractivity contribution < 1.29 is 0 Å². The molecule has 0 amide bonds. The number of rotatable bonds is 2. The Morgan fingerprint density at radius 1 is 1.12 bits per heavy atom. The average molecular weight is 219 g/mol. The maximum Gasteiger partial charge on any atom is 0.112 e. The van der Waals surface area contributed by atoms with Crippen molar-refractivity contribution >= 4 is 0 Å². The van der Waals surface area contributed by atoms with Crippen LogP contribution in [0.2, 0.25) is 0 Å². The molecule has 3 nitrogen and oxygen atoms in total. The Kier molecular flexibility index (Phi) is 2.96. The molecule has 0 atom stereocenters. The first-order valence-electron chi connectivity index (χ1n) is 6.68. The SMILES string of the molecule is c1cn(C2CCCC2)c(C2CCNCC2)n1. The molecule has 0 radical (unpaired) electrons. The summed E-state index contributed by atoms with van der Waals surface area (Å²) < 4.78 is 2.48. The lowest BCUT2D eigenvalue weighted by Gasteiger charge is -2.25. The quantitative estimate of drug-likeness (QED) is 0.828. The van der Waals surface area contributed by atoms with Gasteiger partial charge in [-0.2, -0.15) is 0 Å². The van der Waals surface area contributed by atoms with Gasteiger partial charge in [-0.25, -0.2) is 4.98 Å². The number of nitrogens with one attached hydrogen (secondary N) is 1. The highest BCUT2D eigenvalue weighted by molar-refractivity contribution is 5.04. The van der Waals surface area contributed by atoms with E-state index in [0.29, 0.717) is 5.92 Å². The Hall–Kier alpha value is -0.830. The first-order valence-corrected chi connectivity index (χ1v) is 6.68. The molecule has 88 valence electrons. The number of imidazole rings is 1. The summed E-state index contributed by atoms with van der Waals surface area (Å²) in [7, 11) is 0. The van der Waals surface area contributed by atoms with Crippen molar-refractivity contribution in [3.05, 3.63) is 18.2 Å². The average Bonchev–Trinajstić information content (AvgIpc) is 3.01. The van der Waals surface area contributed by atoms with E-state index in [-0.39, 0.29) is 0 Å². The lowest BCUT2D eigenvalue weighted by Crippen LogP contribution is -2.28. The molecule has 0 spiro atoms. The minimum atomic E-state index is 0.692. The van der Waals surface area contributed by atoms with Gasteiger partial charge < -0.3 is 9.88 Å². The molecule has 2 aliphatic rings. The van der Waals surface area contributed by atoms with E-state index in [9.17, 15) is 0 Å². The Labute approximate surface area is 97.3 Å². The van der Waals surface area contributed by atoms with Crippen molar-refractivity contribution in [3.63, 3.8) is 0 Å². The van der Waals surface area contributed by atoms with Gasteiger partial charge in [0.1, 0.15) is 5.82 Å². The Morgan fingerprint density at radius 3 is 2.62 bits per heavy atom. The van der Waals surface area contributed by atoms with Crippen molar-refractivity contribution in [2.24, 2.45) is 0 Å². The molecule has 1 aliphatic carbocycles. The van der Waals surface area contributed by atoms with Crippen LogP contribution in [0.3, 0.4) is 0 Å². The second-order valence-corrected chi connectivity index (χ2v) is 5.16. The van der Waals surface area contributed by atoms with E-state index in [4.69, 9.17) is 0 Å². The van der Waals surface area contributed by atoms with Crippen LogP contribution in [-0.2, 0) is 0 Å². The first-order chi connectivity index (χ1) is 7.95. The van der Waals surface area contributed by atoms with Gasteiger partial charge in [0.05, 0.1) is 0 Å². The maximum absolute atomic E-state index is 4.62. The fourth-order valence-electron chi connectivity index (χ4n) is 3.21. The summed E-state index contributed by atoms with van der Waals surface area (Å²) in [5, 5.41) is 3.43. The topological polar surface area (TPSA) is 29.9 Å². The van der Waals surface area contributed by atoms with Crippen LogP contribution in [-0.4, -0.2) is 22.6 Å². The molecule has 0 bridgehead atoms. The Bertz CT molecular complexity index is 333.